The summed E-state index contributed by atoms with van der Waals surface area (Å²) in [5.74, 6) is -1.29. The van der Waals surface area contributed by atoms with Crippen LogP contribution in [0.1, 0.15) is 29.2 Å². The molecule has 4 nitrogen and oxygen atoms in total. The van der Waals surface area contributed by atoms with E-state index in [-0.39, 0.29) is 0 Å². The quantitative estimate of drug-likeness (QED) is 0.621. The first-order valence-corrected chi connectivity index (χ1v) is 6.25. The number of rotatable bonds is 6. The predicted molar refractivity (Wildman–Crippen MR) is 66.1 cm³/mol. The number of aliphatic carboxylic acids is 1. The molecule has 0 aliphatic heterocycles. The summed E-state index contributed by atoms with van der Waals surface area (Å²) in [5, 5.41) is 19.0. The van der Waals surface area contributed by atoms with Gasteiger partial charge in [-0.1, -0.05) is 34.1 Å². The number of carbonyl (C=O) groups excluding carboxylic acids is 1. The number of hydrogen-bond acceptors (Lipinski definition) is 3. The summed E-state index contributed by atoms with van der Waals surface area (Å²) in [6, 6.07) is 5.11. The molecule has 1 rings (SSSR count). The minimum absolute atomic E-state index is 0.309. The number of hydrogen-bond donors (Lipinski definition) is 2. The van der Waals surface area contributed by atoms with E-state index in [0.717, 1.165) is 17.4 Å². The van der Waals surface area contributed by atoms with Crippen LogP contribution in [0.25, 0.3) is 0 Å². The Morgan fingerprint density at radius 3 is 2.71 bits per heavy atom. The van der Waals surface area contributed by atoms with E-state index in [1.165, 1.54) is 0 Å². The SMILES string of the molecule is O=CCCc1c(CBr)cccc1C(O)C(=O)O. The zero-order chi connectivity index (χ0) is 12.8. The van der Waals surface area contributed by atoms with E-state index in [1.807, 2.05) is 6.07 Å². The minimum Gasteiger partial charge on any atom is -0.479 e. The summed E-state index contributed by atoms with van der Waals surface area (Å²) < 4.78 is 0. The van der Waals surface area contributed by atoms with Gasteiger partial charge >= 0.3 is 5.97 Å². The van der Waals surface area contributed by atoms with Crippen LogP contribution in [0.5, 0.6) is 0 Å². The van der Waals surface area contributed by atoms with Crippen LogP contribution in [0, 0.1) is 0 Å². The molecular weight excluding hydrogens is 288 g/mol. The van der Waals surface area contributed by atoms with Gasteiger partial charge in [0.25, 0.3) is 0 Å². The lowest BCUT2D eigenvalue weighted by Gasteiger charge is -2.15. The maximum Gasteiger partial charge on any atom is 0.337 e. The molecule has 1 atom stereocenters. The number of carboxylic acid groups (broad SMARTS) is 1. The molecule has 0 saturated heterocycles. The molecule has 0 spiro atoms. The van der Waals surface area contributed by atoms with Crippen LogP contribution in [0.15, 0.2) is 18.2 Å². The molecule has 1 aromatic carbocycles. The van der Waals surface area contributed by atoms with E-state index in [0.29, 0.717) is 23.7 Å². The second kappa shape index (κ2) is 6.51. The number of carboxylic acids is 1. The van der Waals surface area contributed by atoms with Gasteiger partial charge in [-0.2, -0.15) is 0 Å². The average Bonchev–Trinajstić information content (AvgIpc) is 2.34. The molecule has 1 aromatic rings. The lowest BCUT2D eigenvalue weighted by Crippen LogP contribution is -2.14. The largest absolute Gasteiger partial charge is 0.479 e. The fourth-order valence-electron chi connectivity index (χ4n) is 1.68. The van der Waals surface area contributed by atoms with Crippen LogP contribution in [0.4, 0.5) is 0 Å². The Balaban J connectivity index is 3.17. The number of aliphatic hydroxyl groups excluding tert-OH is 1. The van der Waals surface area contributed by atoms with Crippen LogP contribution in [0.3, 0.4) is 0 Å². The summed E-state index contributed by atoms with van der Waals surface area (Å²) in [6.45, 7) is 0. The number of aldehydes is 1. The summed E-state index contributed by atoms with van der Waals surface area (Å²) >= 11 is 3.30. The molecule has 2 N–H and O–H groups in total. The van der Waals surface area contributed by atoms with Gasteiger partial charge in [0.2, 0.25) is 0 Å². The van der Waals surface area contributed by atoms with Crippen molar-refractivity contribution in [1.29, 1.82) is 0 Å². The van der Waals surface area contributed by atoms with Crippen molar-refractivity contribution >= 4 is 28.2 Å². The highest BCUT2D eigenvalue weighted by molar-refractivity contribution is 9.08. The molecule has 0 radical (unpaired) electrons. The molecule has 1 unspecified atom stereocenters. The molecule has 0 saturated carbocycles. The van der Waals surface area contributed by atoms with Gasteiger partial charge in [0.15, 0.2) is 6.10 Å². The predicted octanol–water partition coefficient (Wildman–Crippen LogP) is 1.83. The molecule has 5 heteroatoms. The molecule has 0 heterocycles. The third-order valence-corrected chi connectivity index (χ3v) is 3.10. The van der Waals surface area contributed by atoms with Crippen molar-refractivity contribution in [2.24, 2.45) is 0 Å². The third kappa shape index (κ3) is 3.38. The molecular formula is C12H13BrO4. The van der Waals surface area contributed by atoms with E-state index in [2.05, 4.69) is 15.9 Å². The van der Waals surface area contributed by atoms with Gasteiger partial charge in [-0.25, -0.2) is 4.79 Å². The number of aliphatic hydroxyl groups is 1. The number of alkyl halides is 1. The second-order valence-corrected chi connectivity index (χ2v) is 4.13. The summed E-state index contributed by atoms with van der Waals surface area (Å²) in [7, 11) is 0. The lowest BCUT2D eigenvalue weighted by atomic mass is 9.94. The average molecular weight is 301 g/mol. The van der Waals surface area contributed by atoms with Crippen molar-refractivity contribution in [2.75, 3.05) is 0 Å². The molecule has 92 valence electrons. The van der Waals surface area contributed by atoms with Gasteiger partial charge in [-0.15, -0.1) is 0 Å². The highest BCUT2D eigenvalue weighted by atomic mass is 79.9. The van der Waals surface area contributed by atoms with Crippen LogP contribution in [-0.2, 0) is 21.3 Å². The summed E-state index contributed by atoms with van der Waals surface area (Å²) in [4.78, 5) is 21.2. The van der Waals surface area contributed by atoms with E-state index >= 15 is 0 Å². The number of halogens is 1. The zero-order valence-electron chi connectivity index (χ0n) is 9.10. The Morgan fingerprint density at radius 1 is 1.47 bits per heavy atom. The van der Waals surface area contributed by atoms with E-state index in [4.69, 9.17) is 5.11 Å². The second-order valence-electron chi connectivity index (χ2n) is 3.56. The zero-order valence-corrected chi connectivity index (χ0v) is 10.7. The van der Waals surface area contributed by atoms with E-state index in [1.54, 1.807) is 12.1 Å². The highest BCUT2D eigenvalue weighted by Crippen LogP contribution is 2.24. The van der Waals surface area contributed by atoms with Gasteiger partial charge in [0.1, 0.15) is 6.29 Å². The smallest absolute Gasteiger partial charge is 0.337 e. The Labute approximate surface area is 107 Å². The van der Waals surface area contributed by atoms with Crippen LogP contribution in [-0.4, -0.2) is 22.5 Å². The molecule has 17 heavy (non-hydrogen) atoms. The Hall–Kier alpha value is -1.20. The number of carbonyl (C=O) groups is 2. The van der Waals surface area contributed by atoms with Crippen molar-refractivity contribution in [3.8, 4) is 0 Å². The molecule has 0 bridgehead atoms. The molecule has 0 fully saturated rings. The Kier molecular flexibility index (Phi) is 5.31. The first-order valence-electron chi connectivity index (χ1n) is 5.13. The standard InChI is InChI=1S/C12H13BrO4/c13-7-8-3-1-4-10(11(15)12(16)17)9(8)5-2-6-14/h1,3-4,6,11,15H,2,5,7H2,(H,16,17). The topological polar surface area (TPSA) is 74.6 Å². The number of benzene rings is 1. The van der Waals surface area contributed by atoms with Crippen molar-refractivity contribution in [3.63, 3.8) is 0 Å². The minimum atomic E-state index is -1.55. The van der Waals surface area contributed by atoms with Gasteiger partial charge < -0.3 is 15.0 Å². The lowest BCUT2D eigenvalue weighted by molar-refractivity contribution is -0.147. The van der Waals surface area contributed by atoms with E-state index in [9.17, 15) is 14.7 Å². The first-order chi connectivity index (χ1) is 8.11. The summed E-state index contributed by atoms with van der Waals surface area (Å²) in [5.41, 5.74) is 1.98. The molecule has 0 aromatic heterocycles. The maximum absolute atomic E-state index is 10.8. The normalized spacial score (nSPS) is 12.1. The van der Waals surface area contributed by atoms with Crippen molar-refractivity contribution < 1.29 is 19.8 Å². The molecule has 0 aliphatic carbocycles. The van der Waals surface area contributed by atoms with Crippen molar-refractivity contribution in [3.05, 3.63) is 34.9 Å². The monoisotopic (exact) mass is 300 g/mol. The highest BCUT2D eigenvalue weighted by Gasteiger charge is 2.20. The third-order valence-electron chi connectivity index (χ3n) is 2.49. The summed E-state index contributed by atoms with van der Waals surface area (Å²) in [6.07, 6.45) is -0.0216. The van der Waals surface area contributed by atoms with Crippen LogP contribution in [0.2, 0.25) is 0 Å². The Morgan fingerprint density at radius 2 is 2.18 bits per heavy atom. The van der Waals surface area contributed by atoms with Gasteiger partial charge in [0.05, 0.1) is 0 Å². The molecule has 0 aliphatic rings. The van der Waals surface area contributed by atoms with Crippen LogP contribution < -0.4 is 0 Å². The fraction of sp³-hybridized carbons (Fsp3) is 0.333. The fourth-order valence-corrected chi connectivity index (χ4v) is 2.20. The van der Waals surface area contributed by atoms with Gasteiger partial charge in [0, 0.05) is 11.8 Å². The first kappa shape index (κ1) is 13.9. The van der Waals surface area contributed by atoms with Crippen molar-refractivity contribution in [2.45, 2.75) is 24.3 Å². The Bertz CT molecular complexity index is 417. The van der Waals surface area contributed by atoms with Crippen LogP contribution >= 0.6 is 15.9 Å². The van der Waals surface area contributed by atoms with Gasteiger partial charge in [-0.3, -0.25) is 0 Å². The van der Waals surface area contributed by atoms with Crippen molar-refractivity contribution in [1.82, 2.24) is 0 Å². The van der Waals surface area contributed by atoms with E-state index < -0.39 is 12.1 Å². The van der Waals surface area contributed by atoms with Gasteiger partial charge in [-0.05, 0) is 23.1 Å². The molecule has 0 amide bonds. The maximum atomic E-state index is 10.8.